The SMILES string of the molecule is C[C@@H](N)C(=O)N1CCN(C(=O)N(C)C)CC1. The van der Waals surface area contributed by atoms with Gasteiger partial charge in [-0.1, -0.05) is 0 Å². The molecule has 16 heavy (non-hydrogen) atoms. The summed E-state index contributed by atoms with van der Waals surface area (Å²) in [6, 6.07) is -0.469. The van der Waals surface area contributed by atoms with Crippen LogP contribution < -0.4 is 5.73 Å². The van der Waals surface area contributed by atoms with E-state index in [0.717, 1.165) is 0 Å². The fraction of sp³-hybridized carbons (Fsp3) is 0.800. The zero-order valence-corrected chi connectivity index (χ0v) is 10.1. The standard InChI is InChI=1S/C10H20N4O2/c1-8(11)9(15)13-4-6-14(7-5-13)10(16)12(2)3/h8H,4-7,11H2,1-3H3/t8-/m1/s1. The van der Waals surface area contributed by atoms with Gasteiger partial charge in [-0.15, -0.1) is 0 Å². The lowest BCUT2D eigenvalue weighted by molar-refractivity contribution is -0.133. The van der Waals surface area contributed by atoms with Crippen LogP contribution in [-0.2, 0) is 4.79 Å². The number of hydrogen-bond acceptors (Lipinski definition) is 3. The molecule has 0 aromatic heterocycles. The summed E-state index contributed by atoms with van der Waals surface area (Å²) in [4.78, 5) is 28.2. The summed E-state index contributed by atoms with van der Waals surface area (Å²) in [5.41, 5.74) is 5.53. The Hall–Kier alpha value is -1.30. The van der Waals surface area contributed by atoms with Gasteiger partial charge in [0, 0.05) is 40.3 Å². The predicted molar refractivity (Wildman–Crippen MR) is 60.9 cm³/mol. The van der Waals surface area contributed by atoms with E-state index in [0.29, 0.717) is 26.2 Å². The van der Waals surface area contributed by atoms with Crippen LogP contribution in [0.15, 0.2) is 0 Å². The minimum absolute atomic E-state index is 0.00658. The second-order valence-corrected chi connectivity index (χ2v) is 4.28. The van der Waals surface area contributed by atoms with Gasteiger partial charge >= 0.3 is 6.03 Å². The van der Waals surface area contributed by atoms with Crippen molar-refractivity contribution in [1.82, 2.24) is 14.7 Å². The fourth-order valence-electron chi connectivity index (χ4n) is 1.69. The summed E-state index contributed by atoms with van der Waals surface area (Å²) in [6.45, 7) is 3.98. The lowest BCUT2D eigenvalue weighted by atomic mass is 10.2. The summed E-state index contributed by atoms with van der Waals surface area (Å²) in [5, 5.41) is 0. The molecule has 1 heterocycles. The largest absolute Gasteiger partial charge is 0.338 e. The van der Waals surface area contributed by atoms with E-state index in [-0.39, 0.29) is 11.9 Å². The summed E-state index contributed by atoms with van der Waals surface area (Å²) < 4.78 is 0. The van der Waals surface area contributed by atoms with Crippen molar-refractivity contribution in [3.8, 4) is 0 Å². The second-order valence-electron chi connectivity index (χ2n) is 4.28. The van der Waals surface area contributed by atoms with Crippen molar-refractivity contribution in [2.75, 3.05) is 40.3 Å². The number of amides is 3. The normalized spacial score (nSPS) is 18.2. The van der Waals surface area contributed by atoms with Crippen LogP contribution in [0.5, 0.6) is 0 Å². The summed E-state index contributed by atoms with van der Waals surface area (Å²) in [6.07, 6.45) is 0. The Morgan fingerprint density at radius 2 is 1.56 bits per heavy atom. The van der Waals surface area contributed by atoms with Crippen LogP contribution in [0, 0.1) is 0 Å². The highest BCUT2D eigenvalue weighted by Gasteiger charge is 2.25. The summed E-state index contributed by atoms with van der Waals surface area (Å²) >= 11 is 0. The number of piperazine rings is 1. The molecule has 3 amide bonds. The van der Waals surface area contributed by atoms with Gasteiger partial charge in [-0.25, -0.2) is 4.79 Å². The van der Waals surface area contributed by atoms with Gasteiger partial charge in [0.05, 0.1) is 6.04 Å². The molecule has 6 heteroatoms. The summed E-state index contributed by atoms with van der Waals surface area (Å²) in [7, 11) is 3.45. The molecule has 1 atom stereocenters. The van der Waals surface area contributed by atoms with Crippen LogP contribution in [0.25, 0.3) is 0 Å². The van der Waals surface area contributed by atoms with E-state index in [1.54, 1.807) is 35.7 Å². The molecule has 1 aliphatic heterocycles. The van der Waals surface area contributed by atoms with Gasteiger partial charge in [-0.2, -0.15) is 0 Å². The van der Waals surface area contributed by atoms with E-state index in [1.807, 2.05) is 0 Å². The van der Waals surface area contributed by atoms with Crippen molar-refractivity contribution >= 4 is 11.9 Å². The number of carbonyl (C=O) groups is 2. The first kappa shape index (κ1) is 12.8. The monoisotopic (exact) mass is 228 g/mol. The van der Waals surface area contributed by atoms with Crippen LogP contribution in [0.3, 0.4) is 0 Å². The zero-order chi connectivity index (χ0) is 12.3. The van der Waals surface area contributed by atoms with Crippen molar-refractivity contribution in [3.63, 3.8) is 0 Å². The third-order valence-electron chi connectivity index (χ3n) is 2.63. The molecule has 0 aromatic rings. The highest BCUT2D eigenvalue weighted by molar-refractivity contribution is 5.81. The van der Waals surface area contributed by atoms with E-state index in [4.69, 9.17) is 5.73 Å². The van der Waals surface area contributed by atoms with Gasteiger partial charge in [0.25, 0.3) is 0 Å². The maximum absolute atomic E-state index is 11.6. The van der Waals surface area contributed by atoms with Gasteiger partial charge in [-0.3, -0.25) is 4.79 Å². The number of carbonyl (C=O) groups excluding carboxylic acids is 2. The molecule has 0 aromatic carbocycles. The third-order valence-corrected chi connectivity index (χ3v) is 2.63. The zero-order valence-electron chi connectivity index (χ0n) is 10.1. The topological polar surface area (TPSA) is 69.9 Å². The van der Waals surface area contributed by atoms with Gasteiger partial charge in [-0.05, 0) is 6.92 Å². The Morgan fingerprint density at radius 3 is 1.94 bits per heavy atom. The Morgan fingerprint density at radius 1 is 1.12 bits per heavy atom. The minimum Gasteiger partial charge on any atom is -0.338 e. The van der Waals surface area contributed by atoms with Gasteiger partial charge in [0.2, 0.25) is 5.91 Å². The molecule has 6 nitrogen and oxygen atoms in total. The van der Waals surface area contributed by atoms with E-state index < -0.39 is 6.04 Å². The first-order valence-electron chi connectivity index (χ1n) is 5.44. The lowest BCUT2D eigenvalue weighted by Crippen LogP contribution is -2.55. The maximum Gasteiger partial charge on any atom is 0.319 e. The Bertz CT molecular complexity index is 242. The molecule has 0 saturated carbocycles. The van der Waals surface area contributed by atoms with Gasteiger partial charge < -0.3 is 20.4 Å². The number of urea groups is 1. The predicted octanol–water partition coefficient (Wildman–Crippen LogP) is -0.841. The number of hydrogen-bond donors (Lipinski definition) is 1. The summed E-state index contributed by atoms with van der Waals surface area (Å²) in [5.74, 6) is -0.0445. The van der Waals surface area contributed by atoms with Crippen molar-refractivity contribution in [3.05, 3.63) is 0 Å². The molecule has 0 spiro atoms. The van der Waals surface area contributed by atoms with Crippen molar-refractivity contribution in [2.24, 2.45) is 5.73 Å². The lowest BCUT2D eigenvalue weighted by Gasteiger charge is -2.36. The molecule has 0 radical (unpaired) electrons. The average Bonchev–Trinajstić information content (AvgIpc) is 2.27. The van der Waals surface area contributed by atoms with Gasteiger partial charge in [0.1, 0.15) is 0 Å². The highest BCUT2D eigenvalue weighted by atomic mass is 16.2. The van der Waals surface area contributed by atoms with Crippen LogP contribution in [0.1, 0.15) is 6.92 Å². The first-order chi connectivity index (χ1) is 7.43. The van der Waals surface area contributed by atoms with Crippen molar-refractivity contribution in [2.45, 2.75) is 13.0 Å². The molecule has 1 fully saturated rings. The van der Waals surface area contributed by atoms with Crippen molar-refractivity contribution < 1.29 is 9.59 Å². The number of nitrogens with zero attached hydrogens (tertiary/aromatic N) is 3. The molecule has 1 rings (SSSR count). The van der Waals surface area contributed by atoms with E-state index in [1.165, 1.54) is 0 Å². The molecule has 1 aliphatic rings. The smallest absolute Gasteiger partial charge is 0.319 e. The maximum atomic E-state index is 11.6. The molecule has 0 bridgehead atoms. The van der Waals surface area contributed by atoms with Gasteiger partial charge in [0.15, 0.2) is 0 Å². The van der Waals surface area contributed by atoms with E-state index >= 15 is 0 Å². The molecule has 92 valence electrons. The Kier molecular flexibility index (Phi) is 4.12. The van der Waals surface area contributed by atoms with Crippen LogP contribution >= 0.6 is 0 Å². The number of rotatable bonds is 1. The van der Waals surface area contributed by atoms with Crippen molar-refractivity contribution in [1.29, 1.82) is 0 Å². The molecular weight excluding hydrogens is 208 g/mol. The second kappa shape index (κ2) is 5.16. The number of nitrogens with two attached hydrogens (primary N) is 1. The van der Waals surface area contributed by atoms with E-state index in [2.05, 4.69) is 0 Å². The Balaban J connectivity index is 2.45. The fourth-order valence-corrected chi connectivity index (χ4v) is 1.69. The van der Waals surface area contributed by atoms with Crippen LogP contribution in [0.2, 0.25) is 0 Å². The molecule has 2 N–H and O–H groups in total. The van der Waals surface area contributed by atoms with Crippen LogP contribution in [-0.4, -0.2) is 73.0 Å². The van der Waals surface area contributed by atoms with Crippen LogP contribution in [0.4, 0.5) is 4.79 Å². The Labute approximate surface area is 96.0 Å². The molecule has 0 unspecified atom stereocenters. The molecule has 0 aliphatic carbocycles. The molecular formula is C10H20N4O2. The third kappa shape index (κ3) is 2.85. The molecule has 1 saturated heterocycles. The highest BCUT2D eigenvalue weighted by Crippen LogP contribution is 2.05. The van der Waals surface area contributed by atoms with E-state index in [9.17, 15) is 9.59 Å². The minimum atomic E-state index is -0.462. The average molecular weight is 228 g/mol. The quantitative estimate of drug-likeness (QED) is 0.636. The first-order valence-corrected chi connectivity index (χ1v) is 5.44.